The monoisotopic (exact) mass is 274 g/mol. The van der Waals surface area contributed by atoms with Gasteiger partial charge in [-0.1, -0.05) is 13.8 Å². The van der Waals surface area contributed by atoms with E-state index >= 15 is 0 Å². The number of nitrogens with two attached hydrogens (primary N) is 2. The number of primary amides is 2. The lowest BCUT2D eigenvalue weighted by Gasteiger charge is -2.42. The van der Waals surface area contributed by atoms with Gasteiger partial charge in [-0.25, -0.2) is 9.59 Å². The summed E-state index contributed by atoms with van der Waals surface area (Å²) in [4.78, 5) is 21.4. The second kappa shape index (κ2) is 7.21. The summed E-state index contributed by atoms with van der Waals surface area (Å²) in [5.74, 6) is 0. The van der Waals surface area contributed by atoms with Crippen LogP contribution >= 0.6 is 0 Å². The Kier molecular flexibility index (Phi) is 6.65. The van der Waals surface area contributed by atoms with Crippen molar-refractivity contribution >= 4 is 12.2 Å². The van der Waals surface area contributed by atoms with Crippen molar-refractivity contribution in [1.82, 2.24) is 0 Å². The molecule has 1 atom stereocenters. The van der Waals surface area contributed by atoms with Crippen LogP contribution in [0, 0.1) is 5.41 Å². The molecule has 19 heavy (non-hydrogen) atoms. The second-order valence-electron chi connectivity index (χ2n) is 5.47. The van der Waals surface area contributed by atoms with Gasteiger partial charge < -0.3 is 20.9 Å². The molecule has 0 fully saturated rings. The summed E-state index contributed by atoms with van der Waals surface area (Å²) in [7, 11) is 0. The number of hydrogen-bond donors (Lipinski definition) is 2. The zero-order valence-electron chi connectivity index (χ0n) is 12.3. The van der Waals surface area contributed by atoms with Crippen LogP contribution in [0.2, 0.25) is 0 Å². The van der Waals surface area contributed by atoms with Crippen LogP contribution in [0.25, 0.3) is 0 Å². The van der Waals surface area contributed by atoms with E-state index in [4.69, 9.17) is 16.2 Å². The van der Waals surface area contributed by atoms with Gasteiger partial charge >= 0.3 is 12.2 Å². The first kappa shape index (κ1) is 17.5. The Bertz CT molecular complexity index is 318. The van der Waals surface area contributed by atoms with Crippen molar-refractivity contribution in [3.05, 3.63) is 0 Å². The van der Waals surface area contributed by atoms with Gasteiger partial charge in [0.2, 0.25) is 0 Å². The van der Waals surface area contributed by atoms with E-state index < -0.39 is 17.8 Å². The number of hydrogen-bond acceptors (Lipinski definition) is 4. The van der Waals surface area contributed by atoms with Crippen LogP contribution in [0.3, 0.4) is 0 Å². The molecule has 0 heterocycles. The summed E-state index contributed by atoms with van der Waals surface area (Å²) in [6.45, 7) is 8.14. The maximum Gasteiger partial charge on any atom is 0.405 e. The minimum absolute atomic E-state index is 0.186. The summed E-state index contributed by atoms with van der Waals surface area (Å²) in [6, 6.07) is 0. The first-order valence-corrected chi connectivity index (χ1v) is 6.55. The molecule has 0 spiro atoms. The molecule has 112 valence electrons. The zero-order valence-corrected chi connectivity index (χ0v) is 12.3. The minimum atomic E-state index is -0.762. The number of rotatable bonds is 8. The number of carbonyl (C=O) groups excluding carboxylic acids is 2. The molecule has 1 unspecified atom stereocenters. The van der Waals surface area contributed by atoms with Gasteiger partial charge in [0.05, 0.1) is 6.61 Å². The van der Waals surface area contributed by atoms with E-state index in [-0.39, 0.29) is 5.41 Å². The van der Waals surface area contributed by atoms with Crippen molar-refractivity contribution in [2.45, 2.75) is 59.0 Å². The van der Waals surface area contributed by atoms with Gasteiger partial charge in [-0.15, -0.1) is 0 Å². The highest BCUT2D eigenvalue weighted by atomic mass is 16.6. The van der Waals surface area contributed by atoms with Crippen molar-refractivity contribution in [2.24, 2.45) is 16.9 Å². The lowest BCUT2D eigenvalue weighted by atomic mass is 9.70. The average molecular weight is 274 g/mol. The lowest BCUT2D eigenvalue weighted by Crippen LogP contribution is -2.46. The van der Waals surface area contributed by atoms with E-state index in [9.17, 15) is 9.59 Å². The smallest absolute Gasteiger partial charge is 0.405 e. The largest absolute Gasteiger partial charge is 0.450 e. The van der Waals surface area contributed by atoms with Crippen LogP contribution in [0.1, 0.15) is 53.4 Å². The molecule has 0 saturated heterocycles. The van der Waals surface area contributed by atoms with E-state index in [0.717, 1.165) is 25.7 Å². The summed E-state index contributed by atoms with van der Waals surface area (Å²) in [6.07, 6.45) is 1.75. The van der Waals surface area contributed by atoms with E-state index in [1.54, 1.807) is 0 Å². The van der Waals surface area contributed by atoms with Gasteiger partial charge in [-0.2, -0.15) is 0 Å². The lowest BCUT2D eigenvalue weighted by molar-refractivity contribution is -0.0613. The van der Waals surface area contributed by atoms with Crippen molar-refractivity contribution in [1.29, 1.82) is 0 Å². The van der Waals surface area contributed by atoms with E-state index in [1.165, 1.54) is 0 Å². The van der Waals surface area contributed by atoms with Crippen LogP contribution in [-0.4, -0.2) is 24.4 Å². The van der Waals surface area contributed by atoms with Crippen LogP contribution < -0.4 is 11.5 Å². The first-order chi connectivity index (χ1) is 8.64. The average Bonchev–Trinajstić information content (AvgIpc) is 2.25. The van der Waals surface area contributed by atoms with Crippen molar-refractivity contribution < 1.29 is 19.1 Å². The van der Waals surface area contributed by atoms with Crippen LogP contribution in [0.5, 0.6) is 0 Å². The predicted octanol–water partition coefficient (Wildman–Crippen LogP) is 2.54. The Labute approximate surface area is 114 Å². The highest BCUT2D eigenvalue weighted by Gasteiger charge is 2.42. The highest BCUT2D eigenvalue weighted by molar-refractivity contribution is 5.65. The third kappa shape index (κ3) is 5.81. The van der Waals surface area contributed by atoms with E-state index in [1.807, 2.05) is 20.8 Å². The molecule has 6 nitrogen and oxygen atoms in total. The Morgan fingerprint density at radius 1 is 1.05 bits per heavy atom. The molecule has 0 bridgehead atoms. The fourth-order valence-electron chi connectivity index (χ4n) is 2.07. The van der Waals surface area contributed by atoms with Crippen molar-refractivity contribution in [3.8, 4) is 0 Å². The highest BCUT2D eigenvalue weighted by Crippen LogP contribution is 2.41. The topological polar surface area (TPSA) is 105 Å². The molecule has 0 aliphatic heterocycles. The van der Waals surface area contributed by atoms with Gasteiger partial charge in [-0.3, -0.25) is 0 Å². The zero-order chi connectivity index (χ0) is 15.1. The fraction of sp³-hybridized carbons (Fsp3) is 0.846. The summed E-state index contributed by atoms with van der Waals surface area (Å²) >= 11 is 0. The van der Waals surface area contributed by atoms with E-state index in [0.29, 0.717) is 6.61 Å². The molecule has 0 saturated carbocycles. The normalized spacial score (nSPS) is 14.5. The van der Waals surface area contributed by atoms with Gasteiger partial charge in [0.25, 0.3) is 0 Å². The molecular weight excluding hydrogens is 248 g/mol. The third-order valence-electron chi connectivity index (χ3n) is 3.96. The molecule has 4 N–H and O–H groups in total. The number of unbranched alkanes of at least 4 members (excludes halogenated alkanes) is 1. The van der Waals surface area contributed by atoms with Crippen molar-refractivity contribution in [2.75, 3.05) is 6.61 Å². The number of carbonyl (C=O) groups is 2. The van der Waals surface area contributed by atoms with Gasteiger partial charge in [-0.05, 0) is 39.5 Å². The van der Waals surface area contributed by atoms with Crippen LogP contribution in [0.15, 0.2) is 0 Å². The summed E-state index contributed by atoms with van der Waals surface area (Å²) in [5.41, 5.74) is 9.16. The third-order valence-corrected chi connectivity index (χ3v) is 3.96. The van der Waals surface area contributed by atoms with Crippen LogP contribution in [0.4, 0.5) is 9.59 Å². The quantitative estimate of drug-likeness (QED) is 0.663. The SMILES string of the molecule is CCC(C)(CCCCOC(N)=O)C(C)(C)OC(N)=O. The Morgan fingerprint density at radius 3 is 2.05 bits per heavy atom. The Hall–Kier alpha value is -1.46. The molecule has 6 heteroatoms. The molecule has 0 rings (SSSR count). The minimum Gasteiger partial charge on any atom is -0.450 e. The standard InChI is InChI=1S/C13H26N2O4/c1-5-13(4,12(2,3)19-11(15)17)8-6-7-9-18-10(14)16/h5-9H2,1-4H3,(H2,14,16)(H2,15,17). The maximum atomic E-state index is 11.0. The molecule has 0 radical (unpaired) electrons. The van der Waals surface area contributed by atoms with E-state index in [2.05, 4.69) is 11.7 Å². The fourth-order valence-corrected chi connectivity index (χ4v) is 2.07. The van der Waals surface area contributed by atoms with Gasteiger partial charge in [0, 0.05) is 5.41 Å². The first-order valence-electron chi connectivity index (χ1n) is 6.55. The van der Waals surface area contributed by atoms with Gasteiger partial charge in [0.15, 0.2) is 0 Å². The molecule has 0 aromatic carbocycles. The Balaban J connectivity index is 4.36. The molecule has 2 amide bonds. The van der Waals surface area contributed by atoms with Crippen molar-refractivity contribution in [3.63, 3.8) is 0 Å². The summed E-state index contributed by atoms with van der Waals surface area (Å²) in [5, 5.41) is 0. The molecule has 0 aliphatic rings. The summed E-state index contributed by atoms with van der Waals surface area (Å²) < 4.78 is 9.90. The predicted molar refractivity (Wildman–Crippen MR) is 72.5 cm³/mol. The molecular formula is C13H26N2O4. The maximum absolute atomic E-state index is 11.0. The molecule has 0 aromatic rings. The Morgan fingerprint density at radius 2 is 1.63 bits per heavy atom. The molecule has 0 aromatic heterocycles. The van der Waals surface area contributed by atoms with Crippen LogP contribution in [-0.2, 0) is 9.47 Å². The molecule has 0 aliphatic carbocycles. The number of amides is 2. The number of ether oxygens (including phenoxy) is 2. The van der Waals surface area contributed by atoms with Gasteiger partial charge in [0.1, 0.15) is 5.60 Å². The second-order valence-corrected chi connectivity index (χ2v) is 5.47.